The van der Waals surface area contributed by atoms with Gasteiger partial charge in [0.1, 0.15) is 11.6 Å². The molecule has 8 heteroatoms. The van der Waals surface area contributed by atoms with Crippen molar-refractivity contribution < 1.29 is 22.4 Å². The molecule has 0 saturated carbocycles. The van der Waals surface area contributed by atoms with Gasteiger partial charge in [-0.05, 0) is 37.6 Å². The summed E-state index contributed by atoms with van der Waals surface area (Å²) in [6.07, 6.45) is -2.88. The number of nitrogens with zero attached hydrogens (tertiary/aromatic N) is 3. The average molecular weight is 381 g/mol. The minimum Gasteiger partial charge on any atom is -0.369 e. The summed E-state index contributed by atoms with van der Waals surface area (Å²) in [4.78, 5) is 19.6. The molecule has 0 atom stereocenters. The topological polar surface area (TPSA) is 36.4 Å². The van der Waals surface area contributed by atoms with E-state index in [1.54, 1.807) is 12.1 Å². The van der Waals surface area contributed by atoms with Gasteiger partial charge in [-0.15, -0.1) is 0 Å². The highest BCUT2D eigenvalue weighted by molar-refractivity contribution is 6.00. The highest BCUT2D eigenvalue weighted by Crippen LogP contribution is 2.30. The molecular formula is C19H19F4N3O. The van der Waals surface area contributed by atoms with Crippen molar-refractivity contribution in [1.82, 2.24) is 4.98 Å². The lowest BCUT2D eigenvalue weighted by Gasteiger charge is -2.26. The summed E-state index contributed by atoms with van der Waals surface area (Å²) >= 11 is 0. The Labute approximate surface area is 154 Å². The normalized spacial score (nSPS) is 15.6. The fraction of sp³-hybridized carbons (Fsp3) is 0.368. The maximum atomic E-state index is 14.1. The monoisotopic (exact) mass is 381 g/mol. The smallest absolute Gasteiger partial charge is 0.369 e. The third kappa shape index (κ3) is 4.20. The van der Waals surface area contributed by atoms with Gasteiger partial charge in [-0.2, -0.15) is 13.2 Å². The molecule has 27 heavy (non-hydrogen) atoms. The second kappa shape index (κ2) is 7.54. The number of aromatic nitrogens is 1. The zero-order valence-electron chi connectivity index (χ0n) is 14.8. The van der Waals surface area contributed by atoms with Crippen LogP contribution >= 0.6 is 0 Å². The van der Waals surface area contributed by atoms with Crippen LogP contribution in [0.3, 0.4) is 0 Å². The Kier molecular flexibility index (Phi) is 5.34. The molecule has 2 aromatic rings. The van der Waals surface area contributed by atoms with Crippen molar-refractivity contribution in [2.75, 3.05) is 36.0 Å². The van der Waals surface area contributed by atoms with Crippen LogP contribution in [0.5, 0.6) is 0 Å². The maximum Gasteiger partial charge on any atom is 0.417 e. The SMILES string of the molecule is CC(=O)c1c(F)cccc1N1CCCN(c2ccc(C(F)(F)F)cn2)CC1. The van der Waals surface area contributed by atoms with E-state index < -0.39 is 17.6 Å². The number of carbonyl (C=O) groups excluding carboxylic acids is 1. The number of hydrogen-bond donors (Lipinski definition) is 0. The van der Waals surface area contributed by atoms with E-state index in [2.05, 4.69) is 4.98 Å². The van der Waals surface area contributed by atoms with Gasteiger partial charge < -0.3 is 9.80 Å². The van der Waals surface area contributed by atoms with E-state index in [-0.39, 0.29) is 11.3 Å². The van der Waals surface area contributed by atoms with E-state index in [4.69, 9.17) is 0 Å². The van der Waals surface area contributed by atoms with Gasteiger partial charge in [0.05, 0.1) is 16.8 Å². The molecule has 1 aromatic heterocycles. The Balaban J connectivity index is 1.77. The number of hydrogen-bond acceptors (Lipinski definition) is 4. The van der Waals surface area contributed by atoms with Crippen molar-refractivity contribution in [3.8, 4) is 0 Å². The van der Waals surface area contributed by atoms with Gasteiger partial charge in [0.15, 0.2) is 5.78 Å². The molecule has 1 saturated heterocycles. The van der Waals surface area contributed by atoms with Crippen molar-refractivity contribution in [3.63, 3.8) is 0 Å². The van der Waals surface area contributed by atoms with Crippen LogP contribution in [-0.2, 0) is 6.18 Å². The summed E-state index contributed by atoms with van der Waals surface area (Å²) in [6, 6.07) is 6.92. The average Bonchev–Trinajstić information content (AvgIpc) is 2.86. The van der Waals surface area contributed by atoms with Crippen molar-refractivity contribution in [1.29, 1.82) is 0 Å². The molecule has 3 rings (SSSR count). The Hall–Kier alpha value is -2.64. The number of benzene rings is 1. The highest BCUT2D eigenvalue weighted by Gasteiger charge is 2.31. The van der Waals surface area contributed by atoms with Crippen molar-refractivity contribution in [2.45, 2.75) is 19.5 Å². The first-order chi connectivity index (χ1) is 12.8. The van der Waals surface area contributed by atoms with Gasteiger partial charge in [-0.1, -0.05) is 6.07 Å². The molecule has 0 radical (unpaired) electrons. The lowest BCUT2D eigenvalue weighted by Crippen LogP contribution is -2.32. The fourth-order valence-electron chi connectivity index (χ4n) is 3.25. The highest BCUT2D eigenvalue weighted by atomic mass is 19.4. The molecule has 1 aliphatic rings. The van der Waals surface area contributed by atoms with Crippen LogP contribution in [0, 0.1) is 5.82 Å². The molecule has 1 fully saturated rings. The van der Waals surface area contributed by atoms with Crippen LogP contribution < -0.4 is 9.80 Å². The molecule has 0 aliphatic carbocycles. The summed E-state index contributed by atoms with van der Waals surface area (Å²) in [7, 11) is 0. The van der Waals surface area contributed by atoms with Gasteiger partial charge in [0.2, 0.25) is 0 Å². The molecular weight excluding hydrogens is 362 g/mol. The second-order valence-corrected chi connectivity index (χ2v) is 6.42. The summed E-state index contributed by atoms with van der Waals surface area (Å²) in [5, 5.41) is 0. The summed E-state index contributed by atoms with van der Waals surface area (Å²) < 4.78 is 52.1. The standard InChI is InChI=1S/C19H19F4N3O/c1-13(27)18-15(20)4-2-5-16(18)25-8-3-9-26(11-10-25)17-7-6-14(12-24-17)19(21,22)23/h2,4-7,12H,3,8-11H2,1H3. The number of carbonyl (C=O) groups is 1. The largest absolute Gasteiger partial charge is 0.417 e. The Bertz CT molecular complexity index is 821. The lowest BCUT2D eigenvalue weighted by atomic mass is 10.1. The molecule has 0 unspecified atom stereocenters. The minimum atomic E-state index is -4.42. The predicted octanol–water partition coefficient (Wildman–Crippen LogP) is 4.16. The first kappa shape index (κ1) is 19.1. The van der Waals surface area contributed by atoms with E-state index in [0.717, 1.165) is 12.3 Å². The number of anilines is 2. The Morgan fingerprint density at radius 2 is 1.74 bits per heavy atom. The quantitative estimate of drug-likeness (QED) is 0.591. The van der Waals surface area contributed by atoms with E-state index in [1.807, 2.05) is 9.80 Å². The Morgan fingerprint density at radius 3 is 2.37 bits per heavy atom. The van der Waals surface area contributed by atoms with Crippen LogP contribution in [0.2, 0.25) is 0 Å². The fourth-order valence-corrected chi connectivity index (χ4v) is 3.25. The number of ketones is 1. The summed E-state index contributed by atoms with van der Waals surface area (Å²) in [5.41, 5.74) is -0.170. The molecule has 0 amide bonds. The van der Waals surface area contributed by atoms with Gasteiger partial charge in [0, 0.05) is 32.4 Å². The number of Topliss-reactive ketones (excluding diaryl/α,β-unsaturated/α-hetero) is 1. The summed E-state index contributed by atoms with van der Waals surface area (Å²) in [5.74, 6) is -0.421. The zero-order valence-corrected chi connectivity index (χ0v) is 14.8. The van der Waals surface area contributed by atoms with Gasteiger partial charge in [-0.25, -0.2) is 9.37 Å². The first-order valence-corrected chi connectivity index (χ1v) is 8.60. The van der Waals surface area contributed by atoms with Crippen LogP contribution in [-0.4, -0.2) is 36.9 Å². The van der Waals surface area contributed by atoms with E-state index in [0.29, 0.717) is 44.1 Å². The van der Waals surface area contributed by atoms with Crippen molar-refractivity contribution in [2.24, 2.45) is 0 Å². The van der Waals surface area contributed by atoms with Crippen LogP contribution in [0.15, 0.2) is 36.5 Å². The molecule has 0 spiro atoms. The van der Waals surface area contributed by atoms with Crippen LogP contribution in [0.1, 0.15) is 29.3 Å². The number of alkyl halides is 3. The van der Waals surface area contributed by atoms with Crippen LogP contribution in [0.4, 0.5) is 29.1 Å². The number of halogens is 4. The van der Waals surface area contributed by atoms with E-state index >= 15 is 0 Å². The molecule has 0 bridgehead atoms. The van der Waals surface area contributed by atoms with Gasteiger partial charge >= 0.3 is 6.18 Å². The molecule has 2 heterocycles. The molecule has 144 valence electrons. The third-order valence-corrected chi connectivity index (χ3v) is 4.58. The molecule has 4 nitrogen and oxygen atoms in total. The Morgan fingerprint density at radius 1 is 1.04 bits per heavy atom. The number of rotatable bonds is 3. The maximum absolute atomic E-state index is 14.1. The predicted molar refractivity (Wildman–Crippen MR) is 94.7 cm³/mol. The third-order valence-electron chi connectivity index (χ3n) is 4.58. The van der Waals surface area contributed by atoms with E-state index in [9.17, 15) is 22.4 Å². The lowest BCUT2D eigenvalue weighted by molar-refractivity contribution is -0.137. The van der Waals surface area contributed by atoms with Gasteiger partial charge in [0.25, 0.3) is 0 Å². The molecule has 0 N–H and O–H groups in total. The molecule has 1 aromatic carbocycles. The second-order valence-electron chi connectivity index (χ2n) is 6.42. The van der Waals surface area contributed by atoms with Crippen molar-refractivity contribution >= 4 is 17.3 Å². The number of pyridine rings is 1. The van der Waals surface area contributed by atoms with Crippen LogP contribution in [0.25, 0.3) is 0 Å². The van der Waals surface area contributed by atoms with Crippen molar-refractivity contribution in [3.05, 3.63) is 53.5 Å². The minimum absolute atomic E-state index is 0.0682. The zero-order chi connectivity index (χ0) is 19.6. The summed E-state index contributed by atoms with van der Waals surface area (Å²) in [6.45, 7) is 3.57. The molecule has 1 aliphatic heterocycles. The first-order valence-electron chi connectivity index (χ1n) is 8.60. The van der Waals surface area contributed by atoms with Gasteiger partial charge in [-0.3, -0.25) is 4.79 Å². The van der Waals surface area contributed by atoms with E-state index in [1.165, 1.54) is 19.1 Å².